The molecular formula is C14H14N2OS. The molecule has 1 unspecified atom stereocenters. The molecule has 0 N–H and O–H groups in total. The fourth-order valence-electron chi connectivity index (χ4n) is 2.16. The molecule has 1 fully saturated rings. The molecule has 0 aliphatic carbocycles. The third kappa shape index (κ3) is 2.34. The molecule has 1 atom stereocenters. The van der Waals surface area contributed by atoms with Crippen LogP contribution in [0.2, 0.25) is 0 Å². The number of ketones is 1. The van der Waals surface area contributed by atoms with Gasteiger partial charge >= 0.3 is 0 Å². The van der Waals surface area contributed by atoms with Crippen molar-refractivity contribution in [3.8, 4) is 5.69 Å². The minimum absolute atomic E-state index is 0.184. The van der Waals surface area contributed by atoms with Crippen LogP contribution in [-0.2, 0) is 11.2 Å². The zero-order valence-electron chi connectivity index (χ0n) is 9.95. The van der Waals surface area contributed by atoms with Crippen molar-refractivity contribution in [2.75, 3.05) is 11.5 Å². The summed E-state index contributed by atoms with van der Waals surface area (Å²) in [7, 11) is 0. The fourth-order valence-corrected chi connectivity index (χ4v) is 3.30. The average Bonchev–Trinajstić information content (AvgIpc) is 3.02. The molecule has 1 saturated heterocycles. The Kier molecular flexibility index (Phi) is 3.19. The van der Waals surface area contributed by atoms with E-state index in [0.29, 0.717) is 11.5 Å². The van der Waals surface area contributed by atoms with Crippen molar-refractivity contribution < 1.29 is 4.79 Å². The van der Waals surface area contributed by atoms with Crippen molar-refractivity contribution in [3.63, 3.8) is 0 Å². The maximum atomic E-state index is 11.6. The lowest BCUT2D eigenvalue weighted by Crippen LogP contribution is -2.13. The van der Waals surface area contributed by atoms with Crippen molar-refractivity contribution in [2.45, 2.75) is 6.42 Å². The average molecular weight is 258 g/mol. The van der Waals surface area contributed by atoms with Gasteiger partial charge in [0.15, 0.2) is 0 Å². The number of aromatic nitrogens is 2. The van der Waals surface area contributed by atoms with Crippen LogP contribution in [0, 0.1) is 5.92 Å². The number of Topliss-reactive ketones (excluding diaryl/α,β-unsaturated/α-hetero) is 1. The van der Waals surface area contributed by atoms with E-state index in [4.69, 9.17) is 0 Å². The van der Waals surface area contributed by atoms with Gasteiger partial charge in [0.1, 0.15) is 5.78 Å². The summed E-state index contributed by atoms with van der Waals surface area (Å²) in [5.74, 6) is 2.20. The molecule has 1 aromatic carbocycles. The largest absolute Gasteiger partial charge is 0.298 e. The lowest BCUT2D eigenvalue weighted by Gasteiger charge is -2.03. The zero-order valence-corrected chi connectivity index (χ0v) is 10.8. The van der Waals surface area contributed by atoms with Crippen molar-refractivity contribution in [1.29, 1.82) is 0 Å². The first-order valence-electron chi connectivity index (χ1n) is 6.02. The van der Waals surface area contributed by atoms with Crippen LogP contribution in [0.4, 0.5) is 0 Å². The number of thioether (sulfide) groups is 1. The molecule has 92 valence electrons. The zero-order chi connectivity index (χ0) is 12.4. The van der Waals surface area contributed by atoms with E-state index in [0.717, 1.165) is 23.4 Å². The van der Waals surface area contributed by atoms with E-state index in [1.807, 2.05) is 47.4 Å². The number of rotatable bonds is 3. The summed E-state index contributed by atoms with van der Waals surface area (Å²) in [6.45, 7) is 0. The summed E-state index contributed by atoms with van der Waals surface area (Å²) in [6.07, 6.45) is 4.70. The SMILES string of the molecule is O=C1CSCC1Cc1cnn(-c2ccccc2)c1. The summed E-state index contributed by atoms with van der Waals surface area (Å²) < 4.78 is 1.86. The van der Waals surface area contributed by atoms with E-state index >= 15 is 0 Å². The molecule has 3 rings (SSSR count). The van der Waals surface area contributed by atoms with Gasteiger partial charge in [-0.15, -0.1) is 0 Å². The molecule has 0 amide bonds. The monoisotopic (exact) mass is 258 g/mol. The number of hydrogen-bond donors (Lipinski definition) is 0. The summed E-state index contributed by atoms with van der Waals surface area (Å²) in [5.41, 5.74) is 2.19. The third-order valence-electron chi connectivity index (χ3n) is 3.16. The van der Waals surface area contributed by atoms with Crippen LogP contribution in [-0.4, -0.2) is 27.1 Å². The Morgan fingerprint density at radius 3 is 2.89 bits per heavy atom. The Balaban J connectivity index is 1.76. The molecule has 3 nitrogen and oxygen atoms in total. The second-order valence-electron chi connectivity index (χ2n) is 4.51. The number of hydrogen-bond acceptors (Lipinski definition) is 3. The van der Waals surface area contributed by atoms with Gasteiger partial charge in [0.05, 0.1) is 17.6 Å². The maximum Gasteiger partial charge on any atom is 0.146 e. The Labute approximate surface area is 110 Å². The lowest BCUT2D eigenvalue weighted by atomic mass is 10.0. The molecule has 0 spiro atoms. The smallest absolute Gasteiger partial charge is 0.146 e. The molecule has 0 radical (unpaired) electrons. The van der Waals surface area contributed by atoms with Crippen LogP contribution in [0.25, 0.3) is 5.69 Å². The van der Waals surface area contributed by atoms with Gasteiger partial charge in [-0.05, 0) is 24.1 Å². The predicted octanol–water partition coefficient (Wildman–Crippen LogP) is 2.35. The quantitative estimate of drug-likeness (QED) is 0.847. The highest BCUT2D eigenvalue weighted by Gasteiger charge is 2.25. The molecule has 1 aliphatic heterocycles. The number of nitrogens with zero attached hydrogens (tertiary/aromatic N) is 2. The van der Waals surface area contributed by atoms with E-state index in [-0.39, 0.29) is 5.92 Å². The first-order valence-corrected chi connectivity index (χ1v) is 7.18. The minimum Gasteiger partial charge on any atom is -0.298 e. The number of para-hydroxylation sites is 1. The van der Waals surface area contributed by atoms with Gasteiger partial charge in [0.2, 0.25) is 0 Å². The molecule has 4 heteroatoms. The van der Waals surface area contributed by atoms with E-state index in [1.165, 1.54) is 0 Å². The Bertz CT molecular complexity index is 550. The number of carbonyl (C=O) groups excluding carboxylic acids is 1. The summed E-state index contributed by atoms with van der Waals surface area (Å²) in [5, 5.41) is 4.35. The van der Waals surface area contributed by atoms with Crippen LogP contribution in [0.15, 0.2) is 42.7 Å². The van der Waals surface area contributed by atoms with Gasteiger partial charge in [-0.1, -0.05) is 18.2 Å². The van der Waals surface area contributed by atoms with Crippen molar-refractivity contribution >= 4 is 17.5 Å². The third-order valence-corrected chi connectivity index (χ3v) is 4.28. The highest BCUT2D eigenvalue weighted by atomic mass is 32.2. The molecule has 2 aromatic rings. The molecule has 1 aromatic heterocycles. The fraction of sp³-hybridized carbons (Fsp3) is 0.286. The van der Waals surface area contributed by atoms with Gasteiger partial charge in [-0.3, -0.25) is 4.79 Å². The lowest BCUT2D eigenvalue weighted by molar-refractivity contribution is -0.119. The molecule has 2 heterocycles. The Hall–Kier alpha value is -1.55. The van der Waals surface area contributed by atoms with Gasteiger partial charge < -0.3 is 0 Å². The summed E-state index contributed by atoms with van der Waals surface area (Å²) in [6, 6.07) is 10.0. The second-order valence-corrected chi connectivity index (χ2v) is 5.54. The molecule has 1 aliphatic rings. The van der Waals surface area contributed by atoms with Crippen molar-refractivity contribution in [3.05, 3.63) is 48.3 Å². The normalized spacial score (nSPS) is 19.3. The highest BCUT2D eigenvalue weighted by molar-refractivity contribution is 8.00. The van der Waals surface area contributed by atoms with Crippen molar-refractivity contribution in [1.82, 2.24) is 9.78 Å². The first-order chi connectivity index (χ1) is 8.83. The standard InChI is InChI=1S/C14H14N2OS/c17-14-10-18-9-12(14)6-11-7-15-16(8-11)13-4-2-1-3-5-13/h1-5,7-8,12H,6,9-10H2. The van der Waals surface area contributed by atoms with Gasteiger partial charge in [-0.25, -0.2) is 4.68 Å². The Morgan fingerprint density at radius 2 is 2.17 bits per heavy atom. The number of carbonyl (C=O) groups is 1. The van der Waals surface area contributed by atoms with Crippen LogP contribution < -0.4 is 0 Å². The van der Waals surface area contributed by atoms with Crippen LogP contribution in [0.1, 0.15) is 5.56 Å². The molecular weight excluding hydrogens is 244 g/mol. The summed E-state index contributed by atoms with van der Waals surface area (Å²) in [4.78, 5) is 11.6. The van der Waals surface area contributed by atoms with E-state index < -0.39 is 0 Å². The van der Waals surface area contributed by atoms with E-state index in [9.17, 15) is 4.79 Å². The molecule has 0 saturated carbocycles. The number of benzene rings is 1. The summed E-state index contributed by atoms with van der Waals surface area (Å²) >= 11 is 1.74. The van der Waals surface area contributed by atoms with Gasteiger partial charge in [-0.2, -0.15) is 16.9 Å². The topological polar surface area (TPSA) is 34.9 Å². The Morgan fingerprint density at radius 1 is 1.33 bits per heavy atom. The predicted molar refractivity (Wildman–Crippen MR) is 73.1 cm³/mol. The van der Waals surface area contributed by atoms with Crippen molar-refractivity contribution in [2.24, 2.45) is 5.92 Å². The highest BCUT2D eigenvalue weighted by Crippen LogP contribution is 2.23. The van der Waals surface area contributed by atoms with Crippen LogP contribution >= 0.6 is 11.8 Å². The van der Waals surface area contributed by atoms with Crippen LogP contribution in [0.3, 0.4) is 0 Å². The minimum atomic E-state index is 0.184. The van der Waals surface area contributed by atoms with E-state index in [1.54, 1.807) is 11.8 Å². The van der Waals surface area contributed by atoms with E-state index in [2.05, 4.69) is 5.10 Å². The van der Waals surface area contributed by atoms with Gasteiger partial charge in [0, 0.05) is 17.9 Å². The first kappa shape index (κ1) is 11.5. The van der Waals surface area contributed by atoms with Gasteiger partial charge in [0.25, 0.3) is 0 Å². The second kappa shape index (κ2) is 4.98. The maximum absolute atomic E-state index is 11.6. The molecule has 0 bridgehead atoms. The van der Waals surface area contributed by atoms with Crippen LogP contribution in [0.5, 0.6) is 0 Å². The molecule has 18 heavy (non-hydrogen) atoms.